The van der Waals surface area contributed by atoms with Crippen molar-refractivity contribution in [2.75, 3.05) is 0 Å². The highest BCUT2D eigenvalue weighted by Crippen LogP contribution is 2.25. The van der Waals surface area contributed by atoms with Crippen LogP contribution in [0.5, 0.6) is 5.75 Å². The molecule has 1 aromatic rings. The molecule has 0 aliphatic carbocycles. The Labute approximate surface area is 90.4 Å². The molecule has 1 rings (SSSR count). The van der Waals surface area contributed by atoms with Crippen molar-refractivity contribution >= 4 is 5.97 Å². The minimum Gasteiger partial charge on any atom is -0.508 e. The fraction of sp³-hybridized carbons (Fsp3) is 0.417. The highest BCUT2D eigenvalue weighted by Gasteiger charge is 2.04. The third-order valence-corrected chi connectivity index (χ3v) is 2.45. The number of benzene rings is 1. The second-order valence-electron chi connectivity index (χ2n) is 3.61. The average molecular weight is 210 g/mol. The summed E-state index contributed by atoms with van der Waals surface area (Å²) in [6.45, 7) is 9.16. The molecular weight excluding hydrogens is 192 g/mol. The van der Waals surface area contributed by atoms with Crippen molar-refractivity contribution in [3.8, 4) is 5.75 Å². The van der Waals surface area contributed by atoms with Crippen LogP contribution < -0.4 is 0 Å². The van der Waals surface area contributed by atoms with Gasteiger partial charge in [0.2, 0.25) is 0 Å². The monoisotopic (exact) mass is 210 g/mol. The zero-order chi connectivity index (χ0) is 12.2. The van der Waals surface area contributed by atoms with Gasteiger partial charge >= 0.3 is 0 Å². The summed E-state index contributed by atoms with van der Waals surface area (Å²) in [6, 6.07) is 1.82. The molecular formula is C12H18O3. The van der Waals surface area contributed by atoms with Gasteiger partial charge in [0.25, 0.3) is 5.97 Å². The zero-order valence-corrected chi connectivity index (χ0v) is 9.88. The molecule has 3 nitrogen and oxygen atoms in total. The first-order valence-electron chi connectivity index (χ1n) is 4.73. The van der Waals surface area contributed by atoms with Gasteiger partial charge in [-0.25, -0.2) is 0 Å². The van der Waals surface area contributed by atoms with Gasteiger partial charge in [0.15, 0.2) is 0 Å². The van der Waals surface area contributed by atoms with Gasteiger partial charge in [0, 0.05) is 6.92 Å². The number of aliphatic carboxylic acids is 1. The number of rotatable bonds is 0. The molecule has 0 saturated carbocycles. The largest absolute Gasteiger partial charge is 0.508 e. The topological polar surface area (TPSA) is 57.5 Å². The SMILES string of the molecule is CC(=O)O.Cc1cc(O)c(C)c(C)c1C. The van der Waals surface area contributed by atoms with Gasteiger partial charge in [-0.1, -0.05) is 0 Å². The molecule has 0 fully saturated rings. The van der Waals surface area contributed by atoms with Crippen LogP contribution in [0.25, 0.3) is 0 Å². The number of aryl methyl sites for hydroxylation is 1. The maximum Gasteiger partial charge on any atom is 0.300 e. The number of hydrogen-bond donors (Lipinski definition) is 2. The molecule has 0 atom stereocenters. The summed E-state index contributed by atoms with van der Waals surface area (Å²) in [6.07, 6.45) is 0. The smallest absolute Gasteiger partial charge is 0.300 e. The van der Waals surface area contributed by atoms with Crippen LogP contribution in [-0.2, 0) is 4.79 Å². The molecule has 0 saturated heterocycles. The van der Waals surface area contributed by atoms with E-state index in [1.807, 2.05) is 26.8 Å². The lowest BCUT2D eigenvalue weighted by Gasteiger charge is -2.09. The molecule has 0 aliphatic rings. The summed E-state index contributed by atoms with van der Waals surface area (Å²) in [5.74, 6) is -0.425. The molecule has 0 amide bonds. The van der Waals surface area contributed by atoms with E-state index in [1.165, 1.54) is 11.1 Å². The Morgan fingerprint density at radius 1 is 1.07 bits per heavy atom. The molecule has 0 unspecified atom stereocenters. The quantitative estimate of drug-likeness (QED) is 0.692. The molecule has 15 heavy (non-hydrogen) atoms. The number of hydrogen-bond acceptors (Lipinski definition) is 2. The summed E-state index contributed by atoms with van der Waals surface area (Å²) in [4.78, 5) is 9.00. The first-order valence-corrected chi connectivity index (χ1v) is 4.73. The number of phenolic OH excluding ortho intramolecular Hbond substituents is 1. The summed E-state index contributed by atoms with van der Waals surface area (Å²) in [5, 5.41) is 16.8. The van der Waals surface area contributed by atoms with E-state index in [2.05, 4.69) is 6.92 Å². The van der Waals surface area contributed by atoms with Crippen LogP contribution in [0.1, 0.15) is 29.2 Å². The molecule has 0 spiro atoms. The molecule has 0 bridgehead atoms. The van der Waals surface area contributed by atoms with E-state index >= 15 is 0 Å². The average Bonchev–Trinajstić information content (AvgIpc) is 2.11. The van der Waals surface area contributed by atoms with Gasteiger partial charge in [-0.2, -0.15) is 0 Å². The maximum atomic E-state index is 9.41. The van der Waals surface area contributed by atoms with Crippen molar-refractivity contribution in [2.24, 2.45) is 0 Å². The number of carboxylic acid groups (broad SMARTS) is 1. The highest BCUT2D eigenvalue weighted by atomic mass is 16.4. The predicted molar refractivity (Wildman–Crippen MR) is 60.4 cm³/mol. The minimum absolute atomic E-state index is 0.408. The Kier molecular flexibility index (Phi) is 4.85. The Balaban J connectivity index is 0.000000423. The fourth-order valence-electron chi connectivity index (χ4n) is 1.19. The summed E-state index contributed by atoms with van der Waals surface area (Å²) in [7, 11) is 0. The first-order chi connectivity index (χ1) is 6.77. The van der Waals surface area contributed by atoms with E-state index in [9.17, 15) is 5.11 Å². The van der Waals surface area contributed by atoms with Gasteiger partial charge in [-0.3, -0.25) is 4.79 Å². The summed E-state index contributed by atoms with van der Waals surface area (Å²) in [5.41, 5.74) is 4.63. The van der Waals surface area contributed by atoms with Crippen LogP contribution in [0, 0.1) is 27.7 Å². The Hall–Kier alpha value is -1.51. The highest BCUT2D eigenvalue weighted by molar-refractivity contribution is 5.62. The Morgan fingerprint density at radius 3 is 1.87 bits per heavy atom. The molecule has 1 aromatic carbocycles. The first kappa shape index (κ1) is 13.5. The van der Waals surface area contributed by atoms with E-state index in [-0.39, 0.29) is 0 Å². The Morgan fingerprint density at radius 2 is 1.47 bits per heavy atom. The molecule has 0 radical (unpaired) electrons. The number of carboxylic acids is 1. The molecule has 0 aliphatic heterocycles. The molecule has 84 valence electrons. The third kappa shape index (κ3) is 4.02. The van der Waals surface area contributed by atoms with Crippen LogP contribution in [0.2, 0.25) is 0 Å². The van der Waals surface area contributed by atoms with Gasteiger partial charge in [-0.05, 0) is 56.0 Å². The van der Waals surface area contributed by atoms with Crippen LogP contribution >= 0.6 is 0 Å². The van der Waals surface area contributed by atoms with Gasteiger partial charge in [0.1, 0.15) is 5.75 Å². The zero-order valence-electron chi connectivity index (χ0n) is 9.88. The molecule has 0 heterocycles. The number of carbonyl (C=O) groups is 1. The van der Waals surface area contributed by atoms with Crippen LogP contribution in [0.15, 0.2) is 6.07 Å². The lowest BCUT2D eigenvalue weighted by Crippen LogP contribution is -1.90. The minimum atomic E-state index is -0.833. The van der Waals surface area contributed by atoms with Gasteiger partial charge < -0.3 is 10.2 Å². The van der Waals surface area contributed by atoms with Crippen molar-refractivity contribution < 1.29 is 15.0 Å². The second kappa shape index (κ2) is 5.39. The lowest BCUT2D eigenvalue weighted by molar-refractivity contribution is -0.134. The Bertz CT molecular complexity index is 337. The second-order valence-corrected chi connectivity index (χ2v) is 3.61. The van der Waals surface area contributed by atoms with Crippen molar-refractivity contribution in [1.82, 2.24) is 0 Å². The predicted octanol–water partition coefficient (Wildman–Crippen LogP) is 2.72. The summed E-state index contributed by atoms with van der Waals surface area (Å²) < 4.78 is 0. The standard InChI is InChI=1S/C10H14O.C2H4O2/c1-6-5-10(11)9(4)8(3)7(6)2;1-2(3)4/h5,11H,1-4H3;1H3,(H,3,4). The normalized spacial score (nSPS) is 9.13. The van der Waals surface area contributed by atoms with E-state index in [0.717, 1.165) is 18.1 Å². The molecule has 0 aromatic heterocycles. The van der Waals surface area contributed by atoms with E-state index in [4.69, 9.17) is 9.90 Å². The molecule has 3 heteroatoms. The van der Waals surface area contributed by atoms with Crippen LogP contribution in [0.4, 0.5) is 0 Å². The summed E-state index contributed by atoms with van der Waals surface area (Å²) >= 11 is 0. The van der Waals surface area contributed by atoms with Gasteiger partial charge in [0.05, 0.1) is 0 Å². The van der Waals surface area contributed by atoms with Gasteiger partial charge in [-0.15, -0.1) is 0 Å². The van der Waals surface area contributed by atoms with Crippen molar-refractivity contribution in [2.45, 2.75) is 34.6 Å². The van der Waals surface area contributed by atoms with Crippen LogP contribution in [0.3, 0.4) is 0 Å². The maximum absolute atomic E-state index is 9.41. The van der Waals surface area contributed by atoms with Crippen molar-refractivity contribution in [3.05, 3.63) is 28.3 Å². The van der Waals surface area contributed by atoms with Crippen molar-refractivity contribution in [3.63, 3.8) is 0 Å². The lowest BCUT2D eigenvalue weighted by atomic mass is 9.99. The van der Waals surface area contributed by atoms with E-state index < -0.39 is 5.97 Å². The number of aromatic hydroxyl groups is 1. The number of phenols is 1. The van der Waals surface area contributed by atoms with E-state index in [0.29, 0.717) is 5.75 Å². The van der Waals surface area contributed by atoms with Crippen LogP contribution in [-0.4, -0.2) is 16.2 Å². The molecule has 2 N–H and O–H groups in total. The fourth-order valence-corrected chi connectivity index (χ4v) is 1.19. The van der Waals surface area contributed by atoms with E-state index in [1.54, 1.807) is 0 Å². The third-order valence-electron chi connectivity index (χ3n) is 2.45. The van der Waals surface area contributed by atoms with Crippen molar-refractivity contribution in [1.29, 1.82) is 0 Å².